The van der Waals surface area contributed by atoms with E-state index in [0.29, 0.717) is 39.5 Å². The van der Waals surface area contributed by atoms with Gasteiger partial charge in [-0.3, -0.25) is 13.6 Å². The van der Waals surface area contributed by atoms with Gasteiger partial charge in [0.2, 0.25) is 0 Å². The first-order valence-electron chi connectivity index (χ1n) is 4.78. The molecule has 0 radical (unpaired) electrons. The highest BCUT2D eigenvalue weighted by atomic mass is 31.2. The lowest BCUT2D eigenvalue weighted by Gasteiger charge is -2.43. The lowest BCUT2D eigenvalue weighted by Crippen LogP contribution is -2.47. The highest BCUT2D eigenvalue weighted by molar-refractivity contribution is 7.48. The summed E-state index contributed by atoms with van der Waals surface area (Å²) in [4.78, 5) is 0. The fourth-order valence-corrected chi connectivity index (χ4v) is 2.96. The summed E-state index contributed by atoms with van der Waals surface area (Å²) in [5, 5.41) is 6.84. The number of rotatable bonds is 5. The molecule has 86 valence electrons. The van der Waals surface area contributed by atoms with Gasteiger partial charge in [0.1, 0.15) is 0 Å². The monoisotopic (exact) mass is 235 g/mol. The Labute approximate surface area is 88.0 Å². The van der Waals surface area contributed by atoms with Gasteiger partial charge in [-0.2, -0.15) is 0 Å². The number of fused-ring (bicyclic) bond motifs is 3. The van der Waals surface area contributed by atoms with Crippen molar-refractivity contribution < 1.29 is 22.9 Å². The first-order valence-corrected chi connectivity index (χ1v) is 6.25. The van der Waals surface area contributed by atoms with Crippen molar-refractivity contribution >= 4 is 14.0 Å². The molecule has 3 heterocycles. The maximum atomic E-state index is 11.4. The van der Waals surface area contributed by atoms with Crippen LogP contribution in [0.3, 0.4) is 0 Å². The van der Waals surface area contributed by atoms with E-state index in [1.807, 2.05) is 0 Å². The fraction of sp³-hybridized carbons (Fsp3) is 0.875. The van der Waals surface area contributed by atoms with Crippen LogP contribution in [0, 0.1) is 10.8 Å². The average molecular weight is 235 g/mol. The van der Waals surface area contributed by atoms with Crippen molar-refractivity contribution in [3.8, 4) is 0 Å². The summed E-state index contributed by atoms with van der Waals surface area (Å²) in [6.45, 7) is 2.02. The topological polar surface area (TPSA) is 77.8 Å². The van der Waals surface area contributed by atoms with E-state index in [9.17, 15) is 4.57 Å². The molecule has 3 rings (SSSR count). The summed E-state index contributed by atoms with van der Waals surface area (Å²) < 4.78 is 31.8. The number of hydrogen-bond donors (Lipinski definition) is 1. The summed E-state index contributed by atoms with van der Waals surface area (Å²) in [7, 11) is -3.21. The minimum Gasteiger partial charge on any atom is -0.380 e. The Morgan fingerprint density at radius 1 is 1.33 bits per heavy atom. The van der Waals surface area contributed by atoms with Gasteiger partial charge >= 0.3 is 7.82 Å². The Bertz CT molecular complexity index is 263. The fourth-order valence-electron chi connectivity index (χ4n) is 1.44. The second kappa shape index (κ2) is 4.31. The quantitative estimate of drug-likeness (QED) is 0.440. The molecule has 6 nitrogen and oxygen atoms in total. The number of phosphoric ester groups is 1. The van der Waals surface area contributed by atoms with Gasteiger partial charge < -0.3 is 10.1 Å². The minimum atomic E-state index is -3.21. The van der Waals surface area contributed by atoms with Crippen LogP contribution in [0.5, 0.6) is 0 Å². The number of phosphoric acid groups is 1. The van der Waals surface area contributed by atoms with Gasteiger partial charge in [-0.1, -0.05) is 0 Å². The lowest BCUT2D eigenvalue weighted by molar-refractivity contribution is -0.125. The zero-order valence-corrected chi connectivity index (χ0v) is 9.20. The molecule has 3 aliphatic rings. The first-order chi connectivity index (χ1) is 7.18. The third-order valence-electron chi connectivity index (χ3n) is 2.40. The number of hydrogen-bond acceptors (Lipinski definition) is 6. The molecule has 0 aliphatic carbocycles. The molecule has 0 aromatic heterocycles. The molecule has 0 amide bonds. The summed E-state index contributed by atoms with van der Waals surface area (Å²) in [6, 6.07) is 0. The van der Waals surface area contributed by atoms with Gasteiger partial charge in [-0.05, 0) is 6.21 Å². The van der Waals surface area contributed by atoms with E-state index in [2.05, 4.69) is 0 Å². The molecular formula is C8H14NO5P. The Morgan fingerprint density at radius 2 is 1.93 bits per heavy atom. The van der Waals surface area contributed by atoms with Crippen molar-refractivity contribution in [2.45, 2.75) is 6.42 Å². The molecule has 3 fully saturated rings. The van der Waals surface area contributed by atoms with Gasteiger partial charge in [0.25, 0.3) is 0 Å². The van der Waals surface area contributed by atoms with Crippen LogP contribution in [0.2, 0.25) is 0 Å². The zero-order chi connectivity index (χ0) is 10.8. The van der Waals surface area contributed by atoms with Crippen molar-refractivity contribution in [2.24, 2.45) is 5.41 Å². The van der Waals surface area contributed by atoms with E-state index in [1.54, 1.807) is 0 Å². The van der Waals surface area contributed by atoms with Crippen LogP contribution in [0.4, 0.5) is 0 Å². The van der Waals surface area contributed by atoms with Gasteiger partial charge in [-0.15, -0.1) is 0 Å². The predicted octanol–water partition coefficient (Wildman–Crippen LogP) is 1.21. The van der Waals surface area contributed by atoms with Crippen LogP contribution in [-0.2, 0) is 22.9 Å². The van der Waals surface area contributed by atoms with Gasteiger partial charge in [0.15, 0.2) is 0 Å². The summed E-state index contributed by atoms with van der Waals surface area (Å²) in [6.07, 6.45) is 1.90. The molecule has 0 spiro atoms. The van der Waals surface area contributed by atoms with E-state index in [4.69, 9.17) is 23.7 Å². The second-order valence-corrected chi connectivity index (χ2v) is 5.48. The molecule has 2 bridgehead atoms. The Morgan fingerprint density at radius 3 is 2.47 bits per heavy atom. The Hall–Kier alpha value is -0.260. The molecule has 0 unspecified atom stereocenters. The van der Waals surface area contributed by atoms with Crippen LogP contribution >= 0.6 is 7.82 Å². The van der Waals surface area contributed by atoms with Crippen LogP contribution in [0.25, 0.3) is 0 Å². The molecule has 7 heteroatoms. The van der Waals surface area contributed by atoms with E-state index in [-0.39, 0.29) is 5.41 Å². The third kappa shape index (κ3) is 2.46. The molecule has 3 aliphatic heterocycles. The molecule has 0 aromatic carbocycles. The van der Waals surface area contributed by atoms with Crippen molar-refractivity contribution in [3.05, 3.63) is 0 Å². The van der Waals surface area contributed by atoms with Crippen LogP contribution in [0.15, 0.2) is 0 Å². The van der Waals surface area contributed by atoms with Crippen LogP contribution in [-0.4, -0.2) is 39.2 Å². The standard InChI is InChI=1S/C8H14NO5P/c9-2-1-3-11-4-8-5-12-15(10,13-6-8)14-7-8/h2,9H,1,3-7H2. The van der Waals surface area contributed by atoms with E-state index in [0.717, 1.165) is 0 Å². The molecule has 1 N–H and O–H groups in total. The summed E-state index contributed by atoms with van der Waals surface area (Å²) in [5.41, 5.74) is -0.325. The van der Waals surface area contributed by atoms with Gasteiger partial charge in [0, 0.05) is 6.42 Å². The summed E-state index contributed by atoms with van der Waals surface area (Å²) >= 11 is 0. The predicted molar refractivity (Wildman–Crippen MR) is 52.1 cm³/mol. The molecule has 15 heavy (non-hydrogen) atoms. The summed E-state index contributed by atoms with van der Waals surface area (Å²) in [5.74, 6) is 0. The normalized spacial score (nSPS) is 39.2. The largest absolute Gasteiger partial charge is 0.474 e. The third-order valence-corrected chi connectivity index (χ3v) is 3.74. The zero-order valence-electron chi connectivity index (χ0n) is 8.31. The van der Waals surface area contributed by atoms with Crippen LogP contribution < -0.4 is 0 Å². The molecule has 0 saturated carbocycles. The maximum Gasteiger partial charge on any atom is 0.474 e. The van der Waals surface area contributed by atoms with E-state index < -0.39 is 7.82 Å². The maximum absolute atomic E-state index is 11.4. The average Bonchev–Trinajstić information content (AvgIpc) is 2.27. The molecule has 3 saturated heterocycles. The number of nitrogens with one attached hydrogen (secondary N) is 1. The first kappa shape index (κ1) is 11.2. The highest BCUT2D eigenvalue weighted by Crippen LogP contribution is 2.59. The smallest absolute Gasteiger partial charge is 0.380 e. The Balaban J connectivity index is 1.81. The van der Waals surface area contributed by atoms with Crippen molar-refractivity contribution in [2.75, 3.05) is 33.0 Å². The van der Waals surface area contributed by atoms with Crippen molar-refractivity contribution in [1.82, 2.24) is 0 Å². The Kier molecular flexibility index (Phi) is 3.23. The molecular weight excluding hydrogens is 221 g/mol. The van der Waals surface area contributed by atoms with E-state index in [1.165, 1.54) is 6.21 Å². The highest BCUT2D eigenvalue weighted by Gasteiger charge is 2.50. The van der Waals surface area contributed by atoms with Gasteiger partial charge in [0.05, 0.1) is 38.4 Å². The second-order valence-electron chi connectivity index (χ2n) is 3.81. The number of ether oxygens (including phenoxy) is 1. The van der Waals surface area contributed by atoms with Crippen LogP contribution in [0.1, 0.15) is 6.42 Å². The van der Waals surface area contributed by atoms with Gasteiger partial charge in [-0.25, -0.2) is 4.57 Å². The van der Waals surface area contributed by atoms with E-state index >= 15 is 0 Å². The van der Waals surface area contributed by atoms with Crippen molar-refractivity contribution in [1.29, 1.82) is 5.41 Å². The SMILES string of the molecule is N=CCCOCC12COP(=O)(OC1)OC2. The molecule has 0 aromatic rings. The lowest BCUT2D eigenvalue weighted by atomic mass is 9.92. The minimum absolute atomic E-state index is 0.325. The van der Waals surface area contributed by atoms with Crippen molar-refractivity contribution in [3.63, 3.8) is 0 Å². The molecule has 0 atom stereocenters.